The van der Waals surface area contributed by atoms with Crippen LogP contribution in [0.4, 0.5) is 15.6 Å². The lowest BCUT2D eigenvalue weighted by molar-refractivity contribution is 0.257. The number of methoxy groups -OCH3 is 1. The first-order chi connectivity index (χ1) is 13.0. The van der Waals surface area contributed by atoms with Crippen LogP contribution in [0.5, 0.6) is 5.75 Å². The highest BCUT2D eigenvalue weighted by molar-refractivity contribution is 7.14. The SMILES string of the molecule is CCN(C(=O)Nc1cc(Cl)ccc1OC)c1nc(-c2ccc(C)cc2)cs1. The number of ether oxygens (including phenoxy) is 1. The molecule has 2 amide bonds. The molecule has 0 bridgehead atoms. The van der Waals surface area contributed by atoms with Gasteiger partial charge in [0.2, 0.25) is 0 Å². The van der Waals surface area contributed by atoms with Crippen molar-refractivity contribution in [2.75, 3.05) is 23.9 Å². The highest BCUT2D eigenvalue weighted by Crippen LogP contribution is 2.30. The summed E-state index contributed by atoms with van der Waals surface area (Å²) in [4.78, 5) is 19.0. The van der Waals surface area contributed by atoms with E-state index in [4.69, 9.17) is 16.3 Å². The largest absolute Gasteiger partial charge is 0.495 e. The van der Waals surface area contributed by atoms with Crippen LogP contribution in [0.1, 0.15) is 12.5 Å². The molecule has 3 rings (SSSR count). The molecule has 0 aliphatic rings. The fourth-order valence-electron chi connectivity index (χ4n) is 2.57. The zero-order valence-electron chi connectivity index (χ0n) is 15.3. The van der Waals surface area contributed by atoms with E-state index in [9.17, 15) is 4.79 Å². The molecule has 7 heteroatoms. The lowest BCUT2D eigenvalue weighted by atomic mass is 10.1. The number of rotatable bonds is 5. The van der Waals surface area contributed by atoms with E-state index in [0.29, 0.717) is 28.1 Å². The van der Waals surface area contributed by atoms with Crippen molar-refractivity contribution >= 4 is 39.8 Å². The van der Waals surface area contributed by atoms with Crippen LogP contribution in [0.3, 0.4) is 0 Å². The van der Waals surface area contributed by atoms with Crippen LogP contribution in [-0.2, 0) is 0 Å². The Bertz CT molecular complexity index is 941. The number of carbonyl (C=O) groups excluding carboxylic acids is 1. The molecule has 0 aliphatic carbocycles. The lowest BCUT2D eigenvalue weighted by Crippen LogP contribution is -2.34. The van der Waals surface area contributed by atoms with Gasteiger partial charge in [0.25, 0.3) is 0 Å². The van der Waals surface area contributed by atoms with E-state index in [1.54, 1.807) is 30.2 Å². The predicted octanol–water partition coefficient (Wildman–Crippen LogP) is 5.84. The number of hydrogen-bond donors (Lipinski definition) is 1. The summed E-state index contributed by atoms with van der Waals surface area (Å²) in [5, 5.41) is 5.96. The van der Waals surface area contributed by atoms with E-state index in [1.807, 2.05) is 43.5 Å². The second-order valence-corrected chi connectivity index (χ2v) is 7.17. The molecule has 0 atom stereocenters. The number of hydrogen-bond acceptors (Lipinski definition) is 4. The maximum Gasteiger partial charge on any atom is 0.328 e. The summed E-state index contributed by atoms with van der Waals surface area (Å²) in [5.41, 5.74) is 3.58. The second-order valence-electron chi connectivity index (χ2n) is 5.90. The summed E-state index contributed by atoms with van der Waals surface area (Å²) in [7, 11) is 1.55. The van der Waals surface area contributed by atoms with Gasteiger partial charge in [0, 0.05) is 22.5 Å². The van der Waals surface area contributed by atoms with E-state index in [0.717, 1.165) is 11.3 Å². The van der Waals surface area contributed by atoms with Gasteiger partial charge in [-0.05, 0) is 32.0 Å². The Balaban J connectivity index is 1.82. The first kappa shape index (κ1) is 19.2. The van der Waals surface area contributed by atoms with Crippen molar-refractivity contribution in [3.8, 4) is 17.0 Å². The molecule has 0 unspecified atom stereocenters. The Morgan fingerprint density at radius 2 is 2.00 bits per heavy atom. The predicted molar refractivity (Wildman–Crippen MR) is 112 cm³/mol. The number of benzene rings is 2. The number of nitrogens with one attached hydrogen (secondary N) is 1. The molecule has 1 N–H and O–H groups in total. The minimum absolute atomic E-state index is 0.289. The fraction of sp³-hybridized carbons (Fsp3) is 0.200. The summed E-state index contributed by atoms with van der Waals surface area (Å²) < 4.78 is 5.29. The first-order valence-electron chi connectivity index (χ1n) is 8.46. The monoisotopic (exact) mass is 401 g/mol. The highest BCUT2D eigenvalue weighted by Gasteiger charge is 2.19. The van der Waals surface area contributed by atoms with E-state index in [-0.39, 0.29) is 6.03 Å². The zero-order chi connectivity index (χ0) is 19.4. The molecule has 2 aromatic carbocycles. The summed E-state index contributed by atoms with van der Waals surface area (Å²) in [5.74, 6) is 0.545. The molecule has 1 heterocycles. The number of nitrogens with zero attached hydrogens (tertiary/aromatic N) is 2. The van der Waals surface area contributed by atoms with Gasteiger partial charge in [-0.2, -0.15) is 0 Å². The topological polar surface area (TPSA) is 54.5 Å². The molecule has 0 saturated carbocycles. The number of aryl methyl sites for hydroxylation is 1. The number of amides is 2. The van der Waals surface area contributed by atoms with Crippen molar-refractivity contribution < 1.29 is 9.53 Å². The summed E-state index contributed by atoms with van der Waals surface area (Å²) >= 11 is 7.47. The number of halogens is 1. The van der Waals surface area contributed by atoms with E-state index in [2.05, 4.69) is 10.3 Å². The Morgan fingerprint density at radius 3 is 2.67 bits per heavy atom. The van der Waals surface area contributed by atoms with Crippen LogP contribution in [0.15, 0.2) is 47.8 Å². The van der Waals surface area contributed by atoms with Gasteiger partial charge in [-0.1, -0.05) is 41.4 Å². The summed E-state index contributed by atoms with van der Waals surface area (Å²) in [6.07, 6.45) is 0. The first-order valence-corrected chi connectivity index (χ1v) is 9.72. The third-order valence-corrected chi connectivity index (χ3v) is 5.13. The highest BCUT2D eigenvalue weighted by atomic mass is 35.5. The molecule has 3 aromatic rings. The van der Waals surface area contributed by atoms with Crippen molar-refractivity contribution in [3.63, 3.8) is 0 Å². The molecular weight excluding hydrogens is 382 g/mol. The normalized spacial score (nSPS) is 10.5. The summed E-state index contributed by atoms with van der Waals surface area (Å²) in [6, 6.07) is 12.9. The van der Waals surface area contributed by atoms with Gasteiger partial charge in [-0.25, -0.2) is 9.78 Å². The Labute approximate surface area is 167 Å². The van der Waals surface area contributed by atoms with Crippen LogP contribution >= 0.6 is 22.9 Å². The van der Waals surface area contributed by atoms with Crippen molar-refractivity contribution in [2.24, 2.45) is 0 Å². The van der Waals surface area contributed by atoms with E-state index < -0.39 is 0 Å². The molecule has 0 saturated heterocycles. The molecule has 140 valence electrons. The van der Waals surface area contributed by atoms with Gasteiger partial charge >= 0.3 is 6.03 Å². The standard InChI is InChI=1S/C20H20ClN3O2S/c1-4-24(19(25)22-16-11-15(21)9-10-18(16)26-3)20-23-17(12-27-20)14-7-5-13(2)6-8-14/h5-12H,4H2,1-3H3,(H,22,25). The van der Waals surface area contributed by atoms with Crippen LogP contribution in [0.2, 0.25) is 5.02 Å². The van der Waals surface area contributed by atoms with Crippen molar-refractivity contribution in [1.29, 1.82) is 0 Å². The van der Waals surface area contributed by atoms with E-state index >= 15 is 0 Å². The Morgan fingerprint density at radius 1 is 1.26 bits per heavy atom. The van der Waals surface area contributed by atoms with Crippen LogP contribution in [-0.4, -0.2) is 24.7 Å². The van der Waals surface area contributed by atoms with Gasteiger partial charge in [-0.3, -0.25) is 4.90 Å². The average Bonchev–Trinajstić information content (AvgIpc) is 3.13. The van der Waals surface area contributed by atoms with Gasteiger partial charge in [0.1, 0.15) is 5.75 Å². The molecule has 0 aliphatic heterocycles. The van der Waals surface area contributed by atoms with E-state index in [1.165, 1.54) is 16.9 Å². The molecule has 5 nitrogen and oxygen atoms in total. The number of urea groups is 1. The third-order valence-electron chi connectivity index (χ3n) is 4.03. The van der Waals surface area contributed by atoms with Gasteiger partial charge in [0.05, 0.1) is 18.5 Å². The molecule has 0 radical (unpaired) electrons. The number of anilines is 2. The molecule has 0 fully saturated rings. The van der Waals surface area contributed by atoms with Crippen molar-refractivity contribution in [3.05, 3.63) is 58.4 Å². The molecular formula is C20H20ClN3O2S. The lowest BCUT2D eigenvalue weighted by Gasteiger charge is -2.19. The average molecular weight is 402 g/mol. The Kier molecular flexibility index (Phi) is 5.98. The van der Waals surface area contributed by atoms with Crippen molar-refractivity contribution in [2.45, 2.75) is 13.8 Å². The smallest absolute Gasteiger partial charge is 0.328 e. The van der Waals surface area contributed by atoms with Gasteiger partial charge in [0.15, 0.2) is 5.13 Å². The summed E-state index contributed by atoms with van der Waals surface area (Å²) in [6.45, 7) is 4.43. The number of thiazole rings is 1. The molecule has 1 aromatic heterocycles. The Hall–Kier alpha value is -2.57. The maximum absolute atomic E-state index is 12.8. The quantitative estimate of drug-likeness (QED) is 0.584. The fourth-order valence-corrected chi connectivity index (χ4v) is 3.64. The molecule has 0 spiro atoms. The number of carbonyl (C=O) groups is 1. The minimum atomic E-state index is -0.289. The maximum atomic E-state index is 12.8. The van der Waals surface area contributed by atoms with Crippen LogP contribution < -0.4 is 15.0 Å². The second kappa shape index (κ2) is 8.41. The third kappa shape index (κ3) is 4.40. The van der Waals surface area contributed by atoms with Gasteiger partial charge in [-0.15, -0.1) is 11.3 Å². The van der Waals surface area contributed by atoms with Crippen molar-refractivity contribution in [1.82, 2.24) is 4.98 Å². The van der Waals surface area contributed by atoms with Gasteiger partial charge < -0.3 is 10.1 Å². The van der Waals surface area contributed by atoms with Crippen LogP contribution in [0, 0.1) is 6.92 Å². The minimum Gasteiger partial charge on any atom is -0.495 e. The van der Waals surface area contributed by atoms with Crippen LogP contribution in [0.25, 0.3) is 11.3 Å². The molecule has 27 heavy (non-hydrogen) atoms. The zero-order valence-corrected chi connectivity index (χ0v) is 16.9. The number of aromatic nitrogens is 1.